The summed E-state index contributed by atoms with van der Waals surface area (Å²) < 4.78 is 13.9. The molecule has 4 rings (SSSR count). The van der Waals surface area contributed by atoms with Crippen molar-refractivity contribution in [3.63, 3.8) is 0 Å². The van der Waals surface area contributed by atoms with Gasteiger partial charge in [0.25, 0.3) is 0 Å². The van der Waals surface area contributed by atoms with Crippen LogP contribution in [0.3, 0.4) is 0 Å². The smallest absolute Gasteiger partial charge is 0.317 e. The Morgan fingerprint density at radius 2 is 2.04 bits per heavy atom. The highest BCUT2D eigenvalue weighted by Crippen LogP contribution is 2.31. The van der Waals surface area contributed by atoms with Crippen molar-refractivity contribution in [1.82, 2.24) is 15.1 Å². The molecule has 1 aliphatic carbocycles. The normalized spacial score (nSPS) is 24.3. The fourth-order valence-electron chi connectivity index (χ4n) is 3.96. The van der Waals surface area contributed by atoms with Crippen LogP contribution in [0.1, 0.15) is 31.2 Å². The number of carbonyl (C=O) groups excluding carboxylic acids is 1. The van der Waals surface area contributed by atoms with Gasteiger partial charge in [0.2, 0.25) is 0 Å². The molecule has 0 spiro atoms. The lowest BCUT2D eigenvalue weighted by molar-refractivity contribution is 0.201. The number of halogens is 1. The molecule has 5 heteroatoms. The van der Waals surface area contributed by atoms with Crippen molar-refractivity contribution in [1.29, 1.82) is 0 Å². The first-order chi connectivity index (χ1) is 12.2. The minimum absolute atomic E-state index is 0.00806. The summed E-state index contributed by atoms with van der Waals surface area (Å²) in [6.45, 7) is 4.27. The van der Waals surface area contributed by atoms with E-state index in [1.54, 1.807) is 6.07 Å². The predicted molar refractivity (Wildman–Crippen MR) is 96.7 cm³/mol. The number of nitrogens with one attached hydrogen (secondary N) is 1. The van der Waals surface area contributed by atoms with Gasteiger partial charge >= 0.3 is 6.03 Å². The minimum atomic E-state index is -0.187. The third kappa shape index (κ3) is 3.87. The fourth-order valence-corrected chi connectivity index (χ4v) is 3.96. The van der Waals surface area contributed by atoms with E-state index in [-0.39, 0.29) is 11.8 Å². The molecule has 4 nitrogen and oxygen atoms in total. The van der Waals surface area contributed by atoms with E-state index in [1.165, 1.54) is 31.9 Å². The summed E-state index contributed by atoms with van der Waals surface area (Å²) in [5.41, 5.74) is 1.66. The fraction of sp³-hybridized carbons (Fsp3) is 0.550. The Hall–Kier alpha value is -1.88. The number of likely N-dealkylation sites (tertiary alicyclic amines) is 1. The van der Waals surface area contributed by atoms with Crippen LogP contribution in [0.5, 0.6) is 0 Å². The SMILES string of the molecule is O=C(NC[C@@H]1CCN(C2CC2)C1)N1CC=C(c2ccccc2F)CC1. The number of hydrogen-bond acceptors (Lipinski definition) is 2. The standard InChI is InChI=1S/C20H26FN3O/c21-19-4-2-1-3-18(19)16-8-11-23(12-9-16)20(25)22-13-15-7-10-24(14-15)17-5-6-17/h1-4,8,15,17H,5-7,9-14H2,(H,22,25)/t15-/m0/s1. The Bertz CT molecular complexity index is 671. The van der Waals surface area contributed by atoms with Gasteiger partial charge in [-0.3, -0.25) is 0 Å². The predicted octanol–water partition coefficient (Wildman–Crippen LogP) is 3.11. The third-order valence-electron chi connectivity index (χ3n) is 5.64. The molecule has 1 atom stereocenters. The van der Waals surface area contributed by atoms with Crippen molar-refractivity contribution in [3.8, 4) is 0 Å². The number of benzene rings is 1. The van der Waals surface area contributed by atoms with Crippen molar-refractivity contribution in [2.24, 2.45) is 5.92 Å². The van der Waals surface area contributed by atoms with Crippen molar-refractivity contribution >= 4 is 11.6 Å². The van der Waals surface area contributed by atoms with Gasteiger partial charge in [0.05, 0.1) is 0 Å². The molecule has 134 valence electrons. The van der Waals surface area contributed by atoms with Crippen LogP contribution in [0, 0.1) is 11.7 Å². The Balaban J connectivity index is 1.26. The average molecular weight is 343 g/mol. The summed E-state index contributed by atoms with van der Waals surface area (Å²) >= 11 is 0. The van der Waals surface area contributed by atoms with Crippen molar-refractivity contribution in [2.45, 2.75) is 31.7 Å². The first-order valence-corrected chi connectivity index (χ1v) is 9.41. The molecule has 2 heterocycles. The van der Waals surface area contributed by atoms with E-state index < -0.39 is 0 Å². The van der Waals surface area contributed by atoms with Gasteiger partial charge < -0.3 is 15.1 Å². The van der Waals surface area contributed by atoms with Crippen molar-refractivity contribution < 1.29 is 9.18 Å². The lowest BCUT2D eigenvalue weighted by Crippen LogP contribution is -2.44. The van der Waals surface area contributed by atoms with Crippen LogP contribution in [-0.2, 0) is 0 Å². The van der Waals surface area contributed by atoms with Crippen LogP contribution >= 0.6 is 0 Å². The van der Waals surface area contributed by atoms with Crippen LogP contribution < -0.4 is 5.32 Å². The van der Waals surface area contributed by atoms with Gasteiger partial charge in [0.15, 0.2) is 0 Å². The minimum Gasteiger partial charge on any atom is -0.338 e. The monoisotopic (exact) mass is 343 g/mol. The zero-order chi connectivity index (χ0) is 17.2. The molecule has 0 bridgehead atoms. The largest absolute Gasteiger partial charge is 0.338 e. The first kappa shape index (κ1) is 16.6. The molecule has 1 N–H and O–H groups in total. The molecular formula is C20H26FN3O. The Morgan fingerprint density at radius 3 is 2.76 bits per heavy atom. The molecule has 2 amide bonds. The molecule has 0 radical (unpaired) electrons. The average Bonchev–Trinajstić information content (AvgIpc) is 3.39. The molecule has 1 saturated carbocycles. The van der Waals surface area contributed by atoms with E-state index in [0.29, 0.717) is 31.0 Å². The van der Waals surface area contributed by atoms with E-state index in [9.17, 15) is 9.18 Å². The topological polar surface area (TPSA) is 35.6 Å². The lowest BCUT2D eigenvalue weighted by atomic mass is 9.99. The maximum absolute atomic E-state index is 13.9. The van der Waals surface area contributed by atoms with Gasteiger partial charge in [-0.2, -0.15) is 0 Å². The number of amides is 2. The van der Waals surface area contributed by atoms with Gasteiger partial charge in [0.1, 0.15) is 5.82 Å². The second-order valence-electron chi connectivity index (χ2n) is 7.47. The third-order valence-corrected chi connectivity index (χ3v) is 5.64. The van der Waals surface area contributed by atoms with Gasteiger partial charge in [-0.05, 0) is 49.8 Å². The van der Waals surface area contributed by atoms with Crippen LogP contribution in [-0.4, -0.2) is 54.6 Å². The maximum atomic E-state index is 13.9. The molecule has 2 fully saturated rings. The van der Waals surface area contributed by atoms with Crippen molar-refractivity contribution in [2.75, 3.05) is 32.7 Å². The molecule has 3 aliphatic rings. The van der Waals surface area contributed by atoms with Crippen LogP contribution in [0.4, 0.5) is 9.18 Å². The van der Waals surface area contributed by atoms with Gasteiger partial charge in [0, 0.05) is 37.8 Å². The molecule has 1 aromatic carbocycles. The highest BCUT2D eigenvalue weighted by Gasteiger charge is 2.34. The number of nitrogens with zero attached hydrogens (tertiary/aromatic N) is 2. The molecule has 25 heavy (non-hydrogen) atoms. The van der Waals surface area contributed by atoms with Crippen LogP contribution in [0.2, 0.25) is 0 Å². The lowest BCUT2D eigenvalue weighted by Gasteiger charge is -2.27. The first-order valence-electron chi connectivity index (χ1n) is 9.41. The van der Waals surface area contributed by atoms with E-state index in [4.69, 9.17) is 0 Å². The zero-order valence-electron chi connectivity index (χ0n) is 14.6. The number of carbonyl (C=O) groups is 1. The van der Waals surface area contributed by atoms with Gasteiger partial charge in [-0.1, -0.05) is 24.3 Å². The van der Waals surface area contributed by atoms with Gasteiger partial charge in [-0.15, -0.1) is 0 Å². The second-order valence-corrected chi connectivity index (χ2v) is 7.47. The highest BCUT2D eigenvalue weighted by atomic mass is 19.1. The quantitative estimate of drug-likeness (QED) is 0.912. The molecule has 2 aliphatic heterocycles. The molecule has 0 aromatic heterocycles. The van der Waals surface area contributed by atoms with E-state index in [2.05, 4.69) is 10.2 Å². The van der Waals surface area contributed by atoms with E-state index in [0.717, 1.165) is 24.7 Å². The maximum Gasteiger partial charge on any atom is 0.317 e. The summed E-state index contributed by atoms with van der Waals surface area (Å²) in [6.07, 6.45) is 6.57. The van der Waals surface area contributed by atoms with Crippen molar-refractivity contribution in [3.05, 3.63) is 41.7 Å². The van der Waals surface area contributed by atoms with Gasteiger partial charge in [-0.25, -0.2) is 9.18 Å². The number of hydrogen-bond donors (Lipinski definition) is 1. The molecule has 1 saturated heterocycles. The number of urea groups is 1. The van der Waals surface area contributed by atoms with E-state index >= 15 is 0 Å². The summed E-state index contributed by atoms with van der Waals surface area (Å²) in [6, 6.07) is 7.68. The Morgan fingerprint density at radius 1 is 1.20 bits per heavy atom. The Labute approximate surface area is 148 Å². The Kier molecular flexibility index (Phi) is 4.75. The molecule has 1 aromatic rings. The van der Waals surface area contributed by atoms with Crippen LogP contribution in [0.25, 0.3) is 5.57 Å². The second kappa shape index (κ2) is 7.16. The molecular weight excluding hydrogens is 317 g/mol. The summed E-state index contributed by atoms with van der Waals surface area (Å²) in [7, 11) is 0. The molecule has 0 unspecified atom stereocenters. The van der Waals surface area contributed by atoms with Crippen LogP contribution in [0.15, 0.2) is 30.3 Å². The summed E-state index contributed by atoms with van der Waals surface area (Å²) in [4.78, 5) is 16.8. The zero-order valence-corrected chi connectivity index (χ0v) is 14.6. The van der Waals surface area contributed by atoms with E-state index in [1.807, 2.05) is 23.1 Å². The number of rotatable bonds is 4. The summed E-state index contributed by atoms with van der Waals surface area (Å²) in [5.74, 6) is 0.395. The summed E-state index contributed by atoms with van der Waals surface area (Å²) in [5, 5.41) is 3.10. The highest BCUT2D eigenvalue weighted by molar-refractivity contribution is 5.76.